The van der Waals surface area contributed by atoms with E-state index >= 15 is 0 Å². The first-order valence-electron chi connectivity index (χ1n) is 7.98. The lowest BCUT2D eigenvalue weighted by Gasteiger charge is -2.07. The van der Waals surface area contributed by atoms with Crippen LogP contribution in [-0.4, -0.2) is 0 Å². The molecule has 0 saturated carbocycles. The highest BCUT2D eigenvalue weighted by molar-refractivity contribution is 6.07. The number of allylic oxidation sites excluding steroid dienone is 5. The van der Waals surface area contributed by atoms with Gasteiger partial charge < -0.3 is 0 Å². The van der Waals surface area contributed by atoms with E-state index in [1.807, 2.05) is 0 Å². The van der Waals surface area contributed by atoms with Gasteiger partial charge in [-0.25, -0.2) is 0 Å². The molecule has 22 heavy (non-hydrogen) atoms. The van der Waals surface area contributed by atoms with Crippen molar-refractivity contribution in [1.29, 1.82) is 0 Å². The Morgan fingerprint density at radius 2 is 1.50 bits per heavy atom. The fourth-order valence-electron chi connectivity index (χ4n) is 3.19. The van der Waals surface area contributed by atoms with Gasteiger partial charge >= 0.3 is 0 Å². The molecular formula is C22H22. The van der Waals surface area contributed by atoms with Gasteiger partial charge in [-0.1, -0.05) is 79.2 Å². The summed E-state index contributed by atoms with van der Waals surface area (Å²) in [6, 6.07) is 19.5. The Hall–Kier alpha value is -2.34. The van der Waals surface area contributed by atoms with Crippen LogP contribution in [0.1, 0.15) is 43.9 Å². The summed E-state index contributed by atoms with van der Waals surface area (Å²) in [6.45, 7) is 6.60. The Bertz CT molecular complexity index is 767. The van der Waals surface area contributed by atoms with Crippen molar-refractivity contribution in [3.63, 3.8) is 0 Å². The summed E-state index contributed by atoms with van der Waals surface area (Å²) in [5, 5.41) is 0. The van der Waals surface area contributed by atoms with Gasteiger partial charge in [-0.3, -0.25) is 0 Å². The van der Waals surface area contributed by atoms with E-state index in [0.717, 1.165) is 6.42 Å². The summed E-state index contributed by atoms with van der Waals surface area (Å²) >= 11 is 0. The molecule has 0 spiro atoms. The van der Waals surface area contributed by atoms with Crippen molar-refractivity contribution in [2.75, 3.05) is 0 Å². The van der Waals surface area contributed by atoms with Gasteiger partial charge in [-0.2, -0.15) is 0 Å². The lowest BCUT2D eigenvalue weighted by molar-refractivity contribution is 1.22. The zero-order valence-electron chi connectivity index (χ0n) is 13.6. The largest absolute Gasteiger partial charge is 0.0842 e. The standard InChI is InChI=1S/C22H22/c1-4-5-13-20-21(16(2)3)18-14-9-10-15-19(18)22(20)17-11-7-6-8-12-17/h5-15H,4H2,1-3H3/b13-5+. The topological polar surface area (TPSA) is 0 Å². The smallest absolute Gasteiger partial charge is 0.00265 e. The van der Waals surface area contributed by atoms with E-state index in [1.165, 1.54) is 39.0 Å². The Balaban J connectivity index is 2.34. The molecule has 0 nitrogen and oxygen atoms in total. The number of hydrogen-bond acceptors (Lipinski definition) is 0. The summed E-state index contributed by atoms with van der Waals surface area (Å²) < 4.78 is 0. The number of hydrogen-bond donors (Lipinski definition) is 0. The highest BCUT2D eigenvalue weighted by atomic mass is 14.3. The molecule has 0 amide bonds. The zero-order chi connectivity index (χ0) is 15.5. The van der Waals surface area contributed by atoms with Crippen molar-refractivity contribution in [3.8, 4) is 0 Å². The third-order valence-electron chi connectivity index (χ3n) is 4.09. The van der Waals surface area contributed by atoms with Gasteiger partial charge in [0.2, 0.25) is 0 Å². The van der Waals surface area contributed by atoms with Gasteiger partial charge in [-0.05, 0) is 53.7 Å². The summed E-state index contributed by atoms with van der Waals surface area (Å²) in [7, 11) is 0. The number of rotatable bonds is 3. The number of benzene rings is 2. The molecule has 0 atom stereocenters. The van der Waals surface area contributed by atoms with Crippen LogP contribution in [0.5, 0.6) is 0 Å². The fraction of sp³-hybridized carbons (Fsp3) is 0.182. The molecule has 0 aliphatic heterocycles. The van der Waals surface area contributed by atoms with Crippen molar-refractivity contribution >= 4 is 11.1 Å². The van der Waals surface area contributed by atoms with Crippen LogP contribution in [0, 0.1) is 0 Å². The van der Waals surface area contributed by atoms with Crippen LogP contribution < -0.4 is 0 Å². The molecular weight excluding hydrogens is 264 g/mol. The van der Waals surface area contributed by atoms with Crippen molar-refractivity contribution < 1.29 is 0 Å². The van der Waals surface area contributed by atoms with Crippen LogP contribution in [0.3, 0.4) is 0 Å². The number of fused-ring (bicyclic) bond motifs is 1. The van der Waals surface area contributed by atoms with Crippen LogP contribution in [-0.2, 0) is 0 Å². The third-order valence-corrected chi connectivity index (χ3v) is 4.09. The Kier molecular flexibility index (Phi) is 4.11. The van der Waals surface area contributed by atoms with E-state index in [1.54, 1.807) is 0 Å². The molecule has 0 fully saturated rings. The molecule has 1 aliphatic rings. The van der Waals surface area contributed by atoms with Gasteiger partial charge in [0.1, 0.15) is 0 Å². The normalized spacial score (nSPS) is 13.9. The lowest BCUT2D eigenvalue weighted by Crippen LogP contribution is -1.86. The van der Waals surface area contributed by atoms with Gasteiger partial charge in [0.15, 0.2) is 0 Å². The summed E-state index contributed by atoms with van der Waals surface area (Å²) in [6.07, 6.45) is 5.61. The van der Waals surface area contributed by atoms with Crippen LogP contribution >= 0.6 is 0 Å². The average molecular weight is 286 g/mol. The van der Waals surface area contributed by atoms with Crippen LogP contribution in [0.15, 0.2) is 77.9 Å². The molecule has 0 saturated heterocycles. The van der Waals surface area contributed by atoms with Gasteiger partial charge in [-0.15, -0.1) is 0 Å². The van der Waals surface area contributed by atoms with E-state index < -0.39 is 0 Å². The predicted molar refractivity (Wildman–Crippen MR) is 96.6 cm³/mol. The molecule has 0 unspecified atom stereocenters. The fourth-order valence-corrected chi connectivity index (χ4v) is 3.19. The predicted octanol–water partition coefficient (Wildman–Crippen LogP) is 6.26. The van der Waals surface area contributed by atoms with E-state index in [0.29, 0.717) is 0 Å². The third kappa shape index (κ3) is 2.46. The quantitative estimate of drug-likeness (QED) is 0.624. The second-order valence-electron chi connectivity index (χ2n) is 5.89. The second-order valence-corrected chi connectivity index (χ2v) is 5.89. The van der Waals surface area contributed by atoms with Gasteiger partial charge in [0.05, 0.1) is 0 Å². The average Bonchev–Trinajstić information content (AvgIpc) is 2.87. The van der Waals surface area contributed by atoms with E-state index in [-0.39, 0.29) is 0 Å². The van der Waals surface area contributed by atoms with Crippen molar-refractivity contribution in [2.24, 2.45) is 0 Å². The van der Waals surface area contributed by atoms with Crippen molar-refractivity contribution in [3.05, 3.63) is 94.6 Å². The molecule has 0 N–H and O–H groups in total. The van der Waals surface area contributed by atoms with E-state index in [4.69, 9.17) is 0 Å². The highest BCUT2D eigenvalue weighted by Gasteiger charge is 2.25. The molecule has 1 aliphatic carbocycles. The summed E-state index contributed by atoms with van der Waals surface area (Å²) in [5.41, 5.74) is 9.47. The van der Waals surface area contributed by atoms with Crippen LogP contribution in [0.2, 0.25) is 0 Å². The maximum atomic E-state index is 2.30. The molecule has 0 heterocycles. The minimum absolute atomic E-state index is 1.05. The Labute approximate surface area is 133 Å². The minimum Gasteiger partial charge on any atom is -0.0842 e. The Morgan fingerprint density at radius 3 is 2.14 bits per heavy atom. The molecule has 3 rings (SSSR count). The Morgan fingerprint density at radius 1 is 0.864 bits per heavy atom. The van der Waals surface area contributed by atoms with E-state index in [9.17, 15) is 0 Å². The van der Waals surface area contributed by atoms with Crippen molar-refractivity contribution in [1.82, 2.24) is 0 Å². The molecule has 0 heteroatoms. The van der Waals surface area contributed by atoms with Crippen LogP contribution in [0.25, 0.3) is 11.1 Å². The second kappa shape index (κ2) is 6.19. The van der Waals surface area contributed by atoms with Gasteiger partial charge in [0, 0.05) is 0 Å². The zero-order valence-corrected chi connectivity index (χ0v) is 13.6. The van der Waals surface area contributed by atoms with E-state index in [2.05, 4.69) is 87.5 Å². The maximum Gasteiger partial charge on any atom is -0.00265 e. The van der Waals surface area contributed by atoms with Gasteiger partial charge in [0.25, 0.3) is 0 Å². The molecule has 2 aromatic rings. The maximum absolute atomic E-state index is 2.30. The summed E-state index contributed by atoms with van der Waals surface area (Å²) in [4.78, 5) is 0. The van der Waals surface area contributed by atoms with Crippen LogP contribution in [0.4, 0.5) is 0 Å². The van der Waals surface area contributed by atoms with Crippen molar-refractivity contribution in [2.45, 2.75) is 27.2 Å². The highest BCUT2D eigenvalue weighted by Crippen LogP contribution is 2.46. The monoisotopic (exact) mass is 286 g/mol. The minimum atomic E-state index is 1.05. The molecule has 0 radical (unpaired) electrons. The molecule has 110 valence electrons. The molecule has 2 aromatic carbocycles. The summed E-state index contributed by atoms with van der Waals surface area (Å²) in [5.74, 6) is 0. The first-order valence-corrected chi connectivity index (χ1v) is 7.98. The molecule has 0 aromatic heterocycles. The lowest BCUT2D eigenvalue weighted by atomic mass is 9.96. The first-order chi connectivity index (χ1) is 10.7. The first kappa shape index (κ1) is 14.6. The SMILES string of the molecule is CC/C=C/C1=C(c2ccccc2)c2ccccc2C1=C(C)C. The molecule has 0 bridgehead atoms.